The van der Waals surface area contributed by atoms with Gasteiger partial charge in [0.05, 0.1) is 23.9 Å². The van der Waals surface area contributed by atoms with Gasteiger partial charge in [-0.1, -0.05) is 0 Å². The SMILES string of the molecule is O=C(Oc1cc(I)c(S(=O)(=O)[O-])c(I)c1)C1C2CCC(C2)C1C(=O)Oc1c(I)cc(I)cc1I. The smallest absolute Gasteiger partial charge is 0.315 e. The number of esters is 2. The van der Waals surface area contributed by atoms with Gasteiger partial charge < -0.3 is 14.0 Å². The van der Waals surface area contributed by atoms with Gasteiger partial charge in [-0.05, 0) is 168 Å². The Morgan fingerprint density at radius 2 is 1.26 bits per heavy atom. The van der Waals surface area contributed by atoms with E-state index in [1.165, 1.54) is 12.1 Å². The summed E-state index contributed by atoms with van der Waals surface area (Å²) in [5, 5.41) is 0. The third kappa shape index (κ3) is 5.83. The lowest BCUT2D eigenvalue weighted by Gasteiger charge is -2.28. The van der Waals surface area contributed by atoms with Crippen molar-refractivity contribution >= 4 is 135 Å². The molecule has 0 heterocycles. The van der Waals surface area contributed by atoms with Crippen LogP contribution >= 0.6 is 113 Å². The van der Waals surface area contributed by atoms with Crippen LogP contribution in [0.1, 0.15) is 19.3 Å². The molecule has 0 saturated heterocycles. The molecule has 34 heavy (non-hydrogen) atoms. The minimum atomic E-state index is -4.66. The summed E-state index contributed by atoms with van der Waals surface area (Å²) in [5.74, 6) is -1.47. The fraction of sp³-hybridized carbons (Fsp3) is 0.333. The number of rotatable bonds is 5. The number of ether oxygens (including phenoxy) is 2. The normalized spacial score (nSPS) is 23.7. The van der Waals surface area contributed by atoms with E-state index in [4.69, 9.17) is 9.47 Å². The van der Waals surface area contributed by atoms with Crippen LogP contribution in [-0.2, 0) is 19.7 Å². The van der Waals surface area contributed by atoms with Gasteiger partial charge in [0.2, 0.25) is 0 Å². The number of carbonyl (C=O) groups excluding carboxylic acids is 2. The number of benzene rings is 2. The van der Waals surface area contributed by atoms with Gasteiger partial charge in [0.25, 0.3) is 0 Å². The molecule has 7 nitrogen and oxygen atoms in total. The molecule has 2 fully saturated rings. The fourth-order valence-corrected chi connectivity index (χ4v) is 12.5. The molecule has 4 rings (SSSR count). The van der Waals surface area contributed by atoms with Gasteiger partial charge in [-0.25, -0.2) is 8.42 Å². The topological polar surface area (TPSA) is 110 Å². The van der Waals surface area contributed by atoms with Gasteiger partial charge in [-0.3, -0.25) is 9.59 Å². The summed E-state index contributed by atoms with van der Waals surface area (Å²) < 4.78 is 49.0. The lowest BCUT2D eigenvalue weighted by Crippen LogP contribution is -2.39. The van der Waals surface area contributed by atoms with Crippen LogP contribution in [0.25, 0.3) is 0 Å². The Morgan fingerprint density at radius 1 is 0.794 bits per heavy atom. The zero-order valence-electron chi connectivity index (χ0n) is 16.9. The van der Waals surface area contributed by atoms with Gasteiger partial charge in [0.1, 0.15) is 15.9 Å². The molecule has 4 atom stereocenters. The molecule has 182 valence electrons. The molecule has 0 aliphatic heterocycles. The van der Waals surface area contributed by atoms with E-state index >= 15 is 0 Å². The molecule has 2 saturated carbocycles. The van der Waals surface area contributed by atoms with Crippen molar-refractivity contribution in [2.45, 2.75) is 24.2 Å². The number of carbonyl (C=O) groups is 2. The average molecular weight is 1040 g/mol. The molecule has 0 spiro atoms. The zero-order valence-corrected chi connectivity index (χ0v) is 28.5. The van der Waals surface area contributed by atoms with Gasteiger partial charge in [-0.15, -0.1) is 0 Å². The maximum Gasteiger partial charge on any atom is 0.315 e. The van der Waals surface area contributed by atoms with Crippen molar-refractivity contribution in [3.05, 3.63) is 42.1 Å². The molecule has 2 bridgehead atoms. The van der Waals surface area contributed by atoms with Gasteiger partial charge in [0, 0.05) is 10.7 Å². The van der Waals surface area contributed by atoms with Crippen LogP contribution in [0.15, 0.2) is 29.2 Å². The molecule has 0 radical (unpaired) electrons. The monoisotopic (exact) mass is 1040 g/mol. The van der Waals surface area contributed by atoms with Crippen LogP contribution < -0.4 is 9.47 Å². The third-order valence-corrected chi connectivity index (χ3v) is 11.7. The second-order valence-corrected chi connectivity index (χ2v) is 15.3. The van der Waals surface area contributed by atoms with Crippen molar-refractivity contribution in [2.75, 3.05) is 0 Å². The first kappa shape index (κ1) is 28.0. The highest BCUT2D eigenvalue weighted by atomic mass is 127. The minimum Gasteiger partial charge on any atom is -0.744 e. The molecule has 2 aliphatic rings. The fourth-order valence-electron chi connectivity index (χ4n) is 4.78. The van der Waals surface area contributed by atoms with E-state index in [0.717, 1.165) is 30.0 Å². The number of fused-ring (bicyclic) bond motifs is 2. The van der Waals surface area contributed by atoms with Crippen molar-refractivity contribution in [3.8, 4) is 11.5 Å². The molecule has 2 aliphatic carbocycles. The number of halogens is 5. The van der Waals surface area contributed by atoms with E-state index in [-0.39, 0.29) is 29.6 Å². The lowest BCUT2D eigenvalue weighted by molar-refractivity contribution is -0.153. The average Bonchev–Trinajstić information content (AvgIpc) is 3.30. The van der Waals surface area contributed by atoms with Crippen LogP contribution in [0.3, 0.4) is 0 Å². The van der Waals surface area contributed by atoms with E-state index in [2.05, 4.69) is 67.8 Å². The summed E-state index contributed by atoms with van der Waals surface area (Å²) in [5.41, 5.74) is 0. The number of hydrogen-bond donors (Lipinski definition) is 0. The molecule has 2 aromatic rings. The van der Waals surface area contributed by atoms with Crippen molar-refractivity contribution in [1.29, 1.82) is 0 Å². The highest BCUT2D eigenvalue weighted by Crippen LogP contribution is 2.53. The first-order valence-corrected chi connectivity index (χ1v) is 16.7. The summed E-state index contributed by atoms with van der Waals surface area (Å²) >= 11 is 9.94. The van der Waals surface area contributed by atoms with Crippen molar-refractivity contribution in [3.63, 3.8) is 0 Å². The minimum absolute atomic E-state index is 0.0318. The highest BCUT2D eigenvalue weighted by Gasteiger charge is 2.55. The van der Waals surface area contributed by atoms with Crippen LogP contribution in [0.2, 0.25) is 0 Å². The van der Waals surface area contributed by atoms with E-state index in [9.17, 15) is 22.6 Å². The molecule has 0 aromatic heterocycles. The molecular formula is C21H14I5O7S-. The second kappa shape index (κ2) is 11.0. The molecule has 0 amide bonds. The van der Waals surface area contributed by atoms with Crippen LogP contribution in [0.5, 0.6) is 11.5 Å². The zero-order chi connectivity index (χ0) is 24.9. The summed E-state index contributed by atoms with van der Waals surface area (Å²) in [4.78, 5) is 26.2. The maximum absolute atomic E-state index is 13.3. The Bertz CT molecular complexity index is 1250. The van der Waals surface area contributed by atoms with Crippen LogP contribution in [0, 0.1) is 41.5 Å². The van der Waals surface area contributed by atoms with Crippen LogP contribution in [-0.4, -0.2) is 24.9 Å². The standard InChI is InChI=1S/C21H15I5O7S/c22-10-4-12(23)18(13(24)5-10)33-21(28)17-9-2-1-8(3-9)16(17)20(27)32-11-6-14(25)19(15(26)7-11)34(29,30)31/h4-9,16-17H,1-3H2,(H,29,30,31)/p-1. The Kier molecular flexibility index (Phi) is 9.02. The molecule has 0 N–H and O–H groups in total. The maximum atomic E-state index is 13.3. The Balaban J connectivity index is 1.57. The Labute approximate surface area is 264 Å². The van der Waals surface area contributed by atoms with Crippen molar-refractivity contribution in [1.82, 2.24) is 0 Å². The van der Waals surface area contributed by atoms with Gasteiger partial charge in [0.15, 0.2) is 5.75 Å². The van der Waals surface area contributed by atoms with E-state index < -0.39 is 33.9 Å². The largest absolute Gasteiger partial charge is 0.744 e. The quantitative estimate of drug-likeness (QED) is 0.162. The third-order valence-electron chi connectivity index (χ3n) is 6.07. The van der Waals surface area contributed by atoms with Crippen LogP contribution in [0.4, 0.5) is 0 Å². The molecule has 4 unspecified atom stereocenters. The lowest BCUT2D eigenvalue weighted by atomic mass is 9.79. The van der Waals surface area contributed by atoms with E-state index in [1.54, 1.807) is 45.2 Å². The second-order valence-electron chi connectivity index (χ2n) is 8.10. The van der Waals surface area contributed by atoms with Crippen molar-refractivity contribution < 1.29 is 32.0 Å². The highest BCUT2D eigenvalue weighted by molar-refractivity contribution is 14.1. The van der Waals surface area contributed by atoms with Crippen molar-refractivity contribution in [2.24, 2.45) is 23.7 Å². The predicted octanol–water partition coefficient (Wildman–Crippen LogP) is 5.79. The molecule has 13 heteroatoms. The van der Waals surface area contributed by atoms with E-state index in [0.29, 0.717) is 5.75 Å². The molecule has 2 aromatic carbocycles. The molecular weight excluding hydrogens is 1030 g/mol. The van der Waals surface area contributed by atoms with Gasteiger partial charge >= 0.3 is 11.9 Å². The Hall–Kier alpha value is 0.940. The summed E-state index contributed by atoms with van der Waals surface area (Å²) in [6.07, 6.45) is 2.47. The summed E-state index contributed by atoms with van der Waals surface area (Å²) in [7, 11) is -4.66. The first-order chi connectivity index (χ1) is 15.9. The Morgan fingerprint density at radius 3 is 1.74 bits per heavy atom. The summed E-state index contributed by atoms with van der Waals surface area (Å²) in [6, 6.07) is 6.55. The predicted molar refractivity (Wildman–Crippen MR) is 164 cm³/mol. The number of hydrogen-bond acceptors (Lipinski definition) is 7. The first-order valence-electron chi connectivity index (χ1n) is 9.89. The summed E-state index contributed by atoms with van der Waals surface area (Å²) in [6.45, 7) is 0. The van der Waals surface area contributed by atoms with E-state index in [1.807, 2.05) is 12.1 Å². The van der Waals surface area contributed by atoms with Gasteiger partial charge in [-0.2, -0.15) is 0 Å².